The van der Waals surface area contributed by atoms with Crippen LogP contribution in [-0.2, 0) is 4.74 Å². The van der Waals surface area contributed by atoms with Crippen LogP contribution in [0.1, 0.15) is 27.6 Å². The zero-order valence-electron chi connectivity index (χ0n) is 14.9. The molecule has 0 amide bonds. The molecule has 28 heavy (non-hydrogen) atoms. The predicted octanol–water partition coefficient (Wildman–Crippen LogP) is 5.20. The van der Waals surface area contributed by atoms with Gasteiger partial charge in [0, 0.05) is 17.2 Å². The van der Waals surface area contributed by atoms with E-state index < -0.39 is 17.0 Å². The summed E-state index contributed by atoms with van der Waals surface area (Å²) in [5.41, 5.74) is 1.41. The van der Waals surface area contributed by atoms with Crippen LogP contribution >= 0.6 is 11.6 Å². The SMILES string of the molecule is COC(=O)c1cc([N+](=O)[O-])ccc1OC(c1ccccc1)c1ccc(Cl)cc1. The summed E-state index contributed by atoms with van der Waals surface area (Å²) in [5, 5.41) is 11.7. The van der Waals surface area contributed by atoms with E-state index in [9.17, 15) is 14.9 Å². The van der Waals surface area contributed by atoms with E-state index in [4.69, 9.17) is 21.1 Å². The van der Waals surface area contributed by atoms with E-state index >= 15 is 0 Å². The normalized spacial score (nSPS) is 11.5. The van der Waals surface area contributed by atoms with Crippen molar-refractivity contribution in [1.82, 2.24) is 0 Å². The van der Waals surface area contributed by atoms with Gasteiger partial charge >= 0.3 is 5.97 Å². The highest BCUT2D eigenvalue weighted by molar-refractivity contribution is 6.30. The minimum atomic E-state index is -0.721. The molecule has 3 rings (SSSR count). The van der Waals surface area contributed by atoms with Gasteiger partial charge in [-0.2, -0.15) is 0 Å². The van der Waals surface area contributed by atoms with Crippen molar-refractivity contribution < 1.29 is 19.2 Å². The van der Waals surface area contributed by atoms with Crippen LogP contribution in [0.4, 0.5) is 5.69 Å². The third-order valence-electron chi connectivity index (χ3n) is 4.10. The quantitative estimate of drug-likeness (QED) is 0.324. The predicted molar refractivity (Wildman–Crippen MR) is 105 cm³/mol. The fraction of sp³-hybridized carbons (Fsp3) is 0.0952. The molecule has 142 valence electrons. The fourth-order valence-corrected chi connectivity index (χ4v) is 2.85. The number of rotatable bonds is 6. The van der Waals surface area contributed by atoms with Crippen LogP contribution in [0.2, 0.25) is 5.02 Å². The zero-order valence-corrected chi connectivity index (χ0v) is 15.6. The molecule has 0 bridgehead atoms. The molecule has 0 spiro atoms. The maximum atomic E-state index is 12.2. The third-order valence-corrected chi connectivity index (χ3v) is 4.35. The van der Waals surface area contributed by atoms with Crippen LogP contribution in [0, 0.1) is 10.1 Å². The molecular weight excluding hydrogens is 382 g/mol. The highest BCUT2D eigenvalue weighted by Gasteiger charge is 2.23. The summed E-state index contributed by atoms with van der Waals surface area (Å²) in [6, 6.07) is 20.4. The molecule has 0 saturated heterocycles. The van der Waals surface area contributed by atoms with Gasteiger partial charge in [-0.15, -0.1) is 0 Å². The maximum Gasteiger partial charge on any atom is 0.341 e. The Morgan fingerprint density at radius 3 is 2.25 bits per heavy atom. The lowest BCUT2D eigenvalue weighted by molar-refractivity contribution is -0.384. The molecule has 6 nitrogen and oxygen atoms in total. The van der Waals surface area contributed by atoms with Crippen LogP contribution in [0.15, 0.2) is 72.8 Å². The lowest BCUT2D eigenvalue weighted by Gasteiger charge is -2.21. The van der Waals surface area contributed by atoms with E-state index in [2.05, 4.69) is 0 Å². The van der Waals surface area contributed by atoms with Crippen molar-refractivity contribution in [2.45, 2.75) is 6.10 Å². The van der Waals surface area contributed by atoms with Gasteiger partial charge in [0.05, 0.1) is 12.0 Å². The number of carbonyl (C=O) groups is 1. The van der Waals surface area contributed by atoms with Crippen molar-refractivity contribution in [2.24, 2.45) is 0 Å². The lowest BCUT2D eigenvalue weighted by atomic mass is 10.0. The molecule has 1 atom stereocenters. The van der Waals surface area contributed by atoms with Crippen LogP contribution in [0.25, 0.3) is 0 Å². The molecule has 0 fully saturated rings. The topological polar surface area (TPSA) is 78.7 Å². The van der Waals surface area contributed by atoms with Crippen molar-refractivity contribution in [3.8, 4) is 5.75 Å². The van der Waals surface area contributed by atoms with Crippen molar-refractivity contribution in [2.75, 3.05) is 7.11 Å². The molecule has 0 aliphatic rings. The molecule has 3 aromatic carbocycles. The van der Waals surface area contributed by atoms with Gasteiger partial charge in [-0.25, -0.2) is 4.79 Å². The number of nitro benzene ring substituents is 1. The van der Waals surface area contributed by atoms with E-state index in [0.717, 1.165) is 17.2 Å². The summed E-state index contributed by atoms with van der Waals surface area (Å²) in [5.74, 6) is -0.539. The second-order valence-electron chi connectivity index (χ2n) is 5.89. The van der Waals surface area contributed by atoms with Gasteiger partial charge in [0.25, 0.3) is 5.69 Å². The minimum Gasteiger partial charge on any atom is -0.480 e. The number of methoxy groups -OCH3 is 1. The molecule has 0 saturated carbocycles. The van der Waals surface area contributed by atoms with Crippen LogP contribution in [-0.4, -0.2) is 18.0 Å². The highest BCUT2D eigenvalue weighted by atomic mass is 35.5. The molecule has 3 aromatic rings. The first kappa shape index (κ1) is 19.4. The lowest BCUT2D eigenvalue weighted by Crippen LogP contribution is -2.13. The third kappa shape index (κ3) is 4.29. The summed E-state index contributed by atoms with van der Waals surface area (Å²) >= 11 is 5.99. The minimum absolute atomic E-state index is 0.0217. The Labute approximate surface area is 166 Å². The number of nitro groups is 1. The van der Waals surface area contributed by atoms with Gasteiger partial charge in [0.2, 0.25) is 0 Å². The number of ether oxygens (including phenoxy) is 2. The second-order valence-corrected chi connectivity index (χ2v) is 6.33. The van der Waals surface area contributed by atoms with Crippen molar-refractivity contribution in [1.29, 1.82) is 0 Å². The number of hydrogen-bond acceptors (Lipinski definition) is 5. The van der Waals surface area contributed by atoms with Crippen LogP contribution in [0.5, 0.6) is 5.75 Å². The van der Waals surface area contributed by atoms with E-state index in [1.165, 1.54) is 19.2 Å². The van der Waals surface area contributed by atoms with E-state index in [-0.39, 0.29) is 17.0 Å². The summed E-state index contributed by atoms with van der Waals surface area (Å²) in [7, 11) is 1.21. The molecular formula is C21H16ClNO5. The average Bonchev–Trinajstić information content (AvgIpc) is 2.72. The molecule has 0 aliphatic heterocycles. The number of carbonyl (C=O) groups excluding carboxylic acids is 1. The molecule has 0 N–H and O–H groups in total. The van der Waals surface area contributed by atoms with Crippen molar-refractivity contribution in [3.05, 3.63) is 105 Å². The maximum absolute atomic E-state index is 12.2. The number of benzene rings is 3. The van der Waals surface area contributed by atoms with Crippen LogP contribution < -0.4 is 4.74 Å². The first-order valence-electron chi connectivity index (χ1n) is 8.33. The average molecular weight is 398 g/mol. The molecule has 0 heterocycles. The summed E-state index contributed by atoms with van der Waals surface area (Å²) in [4.78, 5) is 22.7. The largest absolute Gasteiger partial charge is 0.480 e. The molecule has 0 aliphatic carbocycles. The number of hydrogen-bond donors (Lipinski definition) is 0. The van der Waals surface area contributed by atoms with Crippen molar-refractivity contribution in [3.63, 3.8) is 0 Å². The molecule has 0 radical (unpaired) electrons. The number of esters is 1. The van der Waals surface area contributed by atoms with Crippen molar-refractivity contribution >= 4 is 23.3 Å². The number of halogens is 1. The first-order valence-corrected chi connectivity index (χ1v) is 8.71. The Hall–Kier alpha value is -3.38. The first-order chi connectivity index (χ1) is 13.5. The summed E-state index contributed by atoms with van der Waals surface area (Å²) in [6.07, 6.45) is -0.552. The monoisotopic (exact) mass is 397 g/mol. The fourth-order valence-electron chi connectivity index (χ4n) is 2.72. The van der Waals surface area contributed by atoms with Gasteiger partial charge in [-0.3, -0.25) is 10.1 Å². The van der Waals surface area contributed by atoms with Gasteiger partial charge in [0.15, 0.2) is 0 Å². The van der Waals surface area contributed by atoms with Gasteiger partial charge in [0.1, 0.15) is 17.4 Å². The Morgan fingerprint density at radius 1 is 1.00 bits per heavy atom. The van der Waals surface area contributed by atoms with E-state index in [1.807, 2.05) is 42.5 Å². The standard InChI is InChI=1S/C21H16ClNO5/c1-27-21(24)18-13-17(23(25)26)11-12-19(18)28-20(14-5-3-2-4-6-14)15-7-9-16(22)10-8-15/h2-13,20H,1H3. The Morgan fingerprint density at radius 2 is 1.64 bits per heavy atom. The summed E-state index contributed by atoms with van der Waals surface area (Å²) < 4.78 is 10.9. The Bertz CT molecular complexity index is 989. The number of non-ortho nitro benzene ring substituents is 1. The molecule has 1 unspecified atom stereocenters. The number of nitrogens with zero attached hydrogens (tertiary/aromatic N) is 1. The summed E-state index contributed by atoms with van der Waals surface area (Å²) in [6.45, 7) is 0. The Balaban J connectivity index is 2.07. The molecule has 0 aromatic heterocycles. The van der Waals surface area contributed by atoms with Gasteiger partial charge in [-0.1, -0.05) is 54.1 Å². The molecule has 7 heteroatoms. The highest BCUT2D eigenvalue weighted by Crippen LogP contribution is 2.33. The second kappa shape index (κ2) is 8.54. The van der Waals surface area contributed by atoms with E-state index in [0.29, 0.717) is 5.02 Å². The zero-order chi connectivity index (χ0) is 20.1. The van der Waals surface area contributed by atoms with Gasteiger partial charge in [-0.05, 0) is 29.3 Å². The van der Waals surface area contributed by atoms with E-state index in [1.54, 1.807) is 12.1 Å². The van der Waals surface area contributed by atoms with Gasteiger partial charge < -0.3 is 9.47 Å². The Kier molecular flexibility index (Phi) is 5.91. The van der Waals surface area contributed by atoms with Crippen LogP contribution in [0.3, 0.4) is 0 Å². The smallest absolute Gasteiger partial charge is 0.341 e.